The monoisotopic (exact) mass is 450 g/mol. The smallest absolute Gasteiger partial charge is 0.132 e. The Hall–Kier alpha value is -2.69. The zero-order chi connectivity index (χ0) is 24.9. The summed E-state index contributed by atoms with van der Waals surface area (Å²) < 4.78 is 64.3. The van der Waals surface area contributed by atoms with E-state index in [0.29, 0.717) is 22.3 Å². The molecule has 3 aromatic carbocycles. The summed E-state index contributed by atoms with van der Waals surface area (Å²) in [6, 6.07) is 6.15. The van der Waals surface area contributed by atoms with E-state index in [-0.39, 0.29) is 16.9 Å². The molecule has 3 aromatic rings. The van der Waals surface area contributed by atoms with Crippen LogP contribution in [-0.4, -0.2) is 0 Å². The molecule has 0 aromatic heterocycles. The molecule has 5 heteroatoms. The summed E-state index contributed by atoms with van der Waals surface area (Å²) in [6.45, 7) is 15.3. The van der Waals surface area contributed by atoms with Crippen molar-refractivity contribution in [3.05, 3.63) is 103 Å². The van der Waals surface area contributed by atoms with Gasteiger partial charge in [-0.1, -0.05) is 6.07 Å². The lowest BCUT2D eigenvalue weighted by Gasteiger charge is -2.04. The van der Waals surface area contributed by atoms with E-state index >= 15 is 0 Å². The average molecular weight is 451 g/mol. The molecule has 0 saturated heterocycles. The van der Waals surface area contributed by atoms with E-state index in [4.69, 9.17) is 0 Å². The Morgan fingerprint density at radius 2 is 0.656 bits per heavy atom. The molecule has 0 amide bonds. The van der Waals surface area contributed by atoms with Crippen LogP contribution in [0.4, 0.5) is 22.0 Å². The van der Waals surface area contributed by atoms with Crippen LogP contribution in [0.2, 0.25) is 0 Å². The lowest BCUT2D eigenvalue weighted by molar-refractivity contribution is 0.559. The van der Waals surface area contributed by atoms with E-state index < -0.39 is 23.3 Å². The van der Waals surface area contributed by atoms with Gasteiger partial charge in [-0.05, 0) is 119 Å². The fourth-order valence-electron chi connectivity index (χ4n) is 2.86. The fraction of sp³-hybridized carbons (Fsp3) is 0.333. The predicted octanol–water partition coefficient (Wildman–Crippen LogP) is 8.53. The van der Waals surface area contributed by atoms with Crippen LogP contribution in [0.15, 0.2) is 24.3 Å². The van der Waals surface area contributed by atoms with Crippen LogP contribution in [0, 0.1) is 91.4 Å². The van der Waals surface area contributed by atoms with Gasteiger partial charge in [0.25, 0.3) is 0 Å². The zero-order valence-electron chi connectivity index (χ0n) is 20.2. The molecule has 0 aliphatic rings. The molecule has 0 aliphatic heterocycles. The third kappa shape index (κ3) is 6.65. The van der Waals surface area contributed by atoms with Gasteiger partial charge < -0.3 is 0 Å². The Morgan fingerprint density at radius 1 is 0.344 bits per heavy atom. The highest BCUT2D eigenvalue weighted by Crippen LogP contribution is 2.19. The summed E-state index contributed by atoms with van der Waals surface area (Å²) in [5.74, 6) is -1.90. The lowest BCUT2D eigenvalue weighted by atomic mass is 10.1. The van der Waals surface area contributed by atoms with E-state index in [2.05, 4.69) is 0 Å². The van der Waals surface area contributed by atoms with E-state index in [1.54, 1.807) is 40.7 Å². The highest BCUT2D eigenvalue weighted by atomic mass is 19.1. The third-order valence-electron chi connectivity index (χ3n) is 5.68. The highest BCUT2D eigenvalue weighted by Gasteiger charge is 2.09. The molecule has 0 bridgehead atoms. The minimum Gasteiger partial charge on any atom is -0.207 e. The molecule has 0 radical (unpaired) electrons. The lowest BCUT2D eigenvalue weighted by Crippen LogP contribution is -1.95. The first-order valence-electron chi connectivity index (χ1n) is 10.3. The maximum absolute atomic E-state index is 13.0. The third-order valence-corrected chi connectivity index (χ3v) is 5.68. The Balaban J connectivity index is 0.000000240. The van der Waals surface area contributed by atoms with Crippen LogP contribution in [-0.2, 0) is 0 Å². The number of halogens is 5. The summed E-state index contributed by atoms with van der Waals surface area (Å²) in [5, 5.41) is 0. The first kappa shape index (κ1) is 27.3. The van der Waals surface area contributed by atoms with Gasteiger partial charge in [-0.25, -0.2) is 22.0 Å². The second-order valence-corrected chi connectivity index (χ2v) is 8.16. The second kappa shape index (κ2) is 11.3. The summed E-state index contributed by atoms with van der Waals surface area (Å²) in [7, 11) is 0. The molecule has 174 valence electrons. The van der Waals surface area contributed by atoms with Crippen molar-refractivity contribution < 1.29 is 22.0 Å². The molecule has 0 fully saturated rings. The number of rotatable bonds is 0. The molecular weight excluding hydrogens is 419 g/mol. The molecule has 0 unspecified atom stereocenters. The Labute approximate surface area is 188 Å². The van der Waals surface area contributed by atoms with Gasteiger partial charge in [-0.3, -0.25) is 0 Å². The van der Waals surface area contributed by atoms with Crippen molar-refractivity contribution in [2.45, 2.75) is 62.3 Å². The van der Waals surface area contributed by atoms with Gasteiger partial charge in [-0.2, -0.15) is 0 Å². The first-order valence-corrected chi connectivity index (χ1v) is 10.3. The van der Waals surface area contributed by atoms with Gasteiger partial charge in [0.15, 0.2) is 0 Å². The van der Waals surface area contributed by atoms with Gasteiger partial charge >= 0.3 is 0 Å². The van der Waals surface area contributed by atoms with Gasteiger partial charge in [0.1, 0.15) is 29.1 Å². The van der Waals surface area contributed by atoms with Gasteiger partial charge in [-0.15, -0.1) is 0 Å². The summed E-state index contributed by atoms with van der Waals surface area (Å²) in [5.41, 5.74) is 5.48. The molecule has 0 aliphatic carbocycles. The molecule has 32 heavy (non-hydrogen) atoms. The van der Waals surface area contributed by atoms with Crippen LogP contribution in [0.5, 0.6) is 0 Å². The number of hydrogen-bond acceptors (Lipinski definition) is 0. The van der Waals surface area contributed by atoms with Crippen molar-refractivity contribution in [2.24, 2.45) is 0 Å². The van der Waals surface area contributed by atoms with Crippen molar-refractivity contribution in [1.82, 2.24) is 0 Å². The van der Waals surface area contributed by atoms with Crippen molar-refractivity contribution in [2.75, 3.05) is 0 Å². The van der Waals surface area contributed by atoms with Crippen molar-refractivity contribution in [1.29, 1.82) is 0 Å². The Kier molecular flexibility index (Phi) is 9.62. The maximum Gasteiger partial charge on any atom is 0.132 e. The van der Waals surface area contributed by atoms with Crippen LogP contribution in [0.1, 0.15) is 50.1 Å². The Morgan fingerprint density at radius 3 is 1.00 bits per heavy atom. The molecule has 0 nitrogen and oxygen atoms in total. The quantitative estimate of drug-likeness (QED) is 0.301. The van der Waals surface area contributed by atoms with Crippen LogP contribution < -0.4 is 0 Å². The number of hydrogen-bond donors (Lipinski definition) is 0. The molecule has 0 heterocycles. The summed E-state index contributed by atoms with van der Waals surface area (Å²) in [6.07, 6.45) is 0. The highest BCUT2D eigenvalue weighted by molar-refractivity contribution is 5.33. The minimum atomic E-state index is -0.467. The van der Waals surface area contributed by atoms with Gasteiger partial charge in [0.05, 0.1) is 0 Å². The topological polar surface area (TPSA) is 0 Å². The van der Waals surface area contributed by atoms with Crippen molar-refractivity contribution in [3.8, 4) is 0 Å². The standard InChI is InChI=1S/2C9H10F2.C9H11F/c2*1-5-4-8(10)7(3)9(11)6(5)2;1-6-4-8(3)9(10)5-7(6)2/h2*4H,1-3H3;4-5H,1-3H3. The number of aryl methyl sites for hydroxylation is 5. The average Bonchev–Trinajstić information content (AvgIpc) is 2.73. The summed E-state index contributed by atoms with van der Waals surface area (Å²) >= 11 is 0. The maximum atomic E-state index is 13.0. The SMILES string of the molecule is Cc1cc(C)c(F)cc1C.Cc1cc(F)c(C)c(F)c1C.Cc1cc(F)c(C)c(F)c1C. The molecule has 0 saturated carbocycles. The van der Waals surface area contributed by atoms with Crippen molar-refractivity contribution >= 4 is 0 Å². The van der Waals surface area contributed by atoms with E-state index in [9.17, 15) is 22.0 Å². The fourth-order valence-corrected chi connectivity index (χ4v) is 2.86. The van der Waals surface area contributed by atoms with Crippen LogP contribution in [0.3, 0.4) is 0 Å². The van der Waals surface area contributed by atoms with Crippen molar-refractivity contribution in [3.63, 3.8) is 0 Å². The van der Waals surface area contributed by atoms with Gasteiger partial charge in [0.2, 0.25) is 0 Å². The summed E-state index contributed by atoms with van der Waals surface area (Å²) in [4.78, 5) is 0. The van der Waals surface area contributed by atoms with Crippen LogP contribution >= 0.6 is 0 Å². The van der Waals surface area contributed by atoms with E-state index in [0.717, 1.165) is 16.7 Å². The first-order chi connectivity index (χ1) is 14.7. The number of benzene rings is 3. The minimum absolute atomic E-state index is 0.105. The Bertz CT molecular complexity index is 950. The van der Waals surface area contributed by atoms with Crippen LogP contribution in [0.25, 0.3) is 0 Å². The molecule has 0 spiro atoms. The molecular formula is C27H31F5. The molecule has 3 rings (SSSR count). The van der Waals surface area contributed by atoms with E-state index in [1.807, 2.05) is 19.9 Å². The normalized spacial score (nSPS) is 10.2. The molecule has 0 atom stereocenters. The van der Waals surface area contributed by atoms with E-state index in [1.165, 1.54) is 26.0 Å². The zero-order valence-corrected chi connectivity index (χ0v) is 20.2. The second-order valence-electron chi connectivity index (χ2n) is 8.16. The van der Waals surface area contributed by atoms with Gasteiger partial charge in [0, 0.05) is 11.1 Å². The predicted molar refractivity (Wildman–Crippen MR) is 122 cm³/mol. The molecule has 0 N–H and O–H groups in total. The largest absolute Gasteiger partial charge is 0.207 e.